The molecule has 2 rings (SSSR count). The van der Waals surface area contributed by atoms with Gasteiger partial charge in [0.05, 0.1) is 0 Å². The van der Waals surface area contributed by atoms with Crippen LogP contribution in [-0.2, 0) is 0 Å². The summed E-state index contributed by atoms with van der Waals surface area (Å²) in [6.07, 6.45) is 17.0. The number of rotatable bonds is 7. The summed E-state index contributed by atoms with van der Waals surface area (Å²) in [7, 11) is 0. The van der Waals surface area contributed by atoms with Crippen molar-refractivity contribution in [3.8, 4) is 11.1 Å². The van der Waals surface area contributed by atoms with Crippen LogP contribution < -0.4 is 0 Å². The molecule has 0 atom stereocenters. The van der Waals surface area contributed by atoms with Gasteiger partial charge in [-0.3, -0.25) is 0 Å². The molecule has 0 aliphatic heterocycles. The van der Waals surface area contributed by atoms with E-state index in [1.807, 2.05) is 6.08 Å². The number of hydrogen-bond acceptors (Lipinski definition) is 0. The molecule has 154 valence electrons. The molecule has 0 heteroatoms. The van der Waals surface area contributed by atoms with E-state index in [-0.39, 0.29) is 0 Å². The number of benzene rings is 2. The van der Waals surface area contributed by atoms with Crippen molar-refractivity contribution >= 4 is 16.7 Å². The van der Waals surface area contributed by atoms with Gasteiger partial charge in [-0.25, -0.2) is 0 Å². The minimum absolute atomic E-state index is 1.22. The molecule has 0 aliphatic carbocycles. The topological polar surface area (TPSA) is 0 Å². The predicted octanol–water partition coefficient (Wildman–Crippen LogP) is 9.21. The molecular formula is C30H34. The van der Waals surface area contributed by atoms with Gasteiger partial charge in [-0.05, 0) is 97.7 Å². The molecule has 0 nitrogen and oxygen atoms in total. The van der Waals surface area contributed by atoms with E-state index in [0.717, 1.165) is 0 Å². The second-order valence-electron chi connectivity index (χ2n) is 7.29. The lowest BCUT2D eigenvalue weighted by atomic mass is 9.80. The average molecular weight is 395 g/mol. The molecule has 0 amide bonds. The van der Waals surface area contributed by atoms with Crippen LogP contribution in [0.5, 0.6) is 0 Å². The maximum Gasteiger partial charge on any atom is -0.00240 e. The Morgan fingerprint density at radius 2 is 1.43 bits per heavy atom. The van der Waals surface area contributed by atoms with Crippen molar-refractivity contribution in [3.63, 3.8) is 0 Å². The summed E-state index contributed by atoms with van der Waals surface area (Å²) in [5.74, 6) is 0. The lowest BCUT2D eigenvalue weighted by molar-refractivity contribution is 1.35. The Kier molecular flexibility index (Phi) is 8.62. The molecular weight excluding hydrogens is 360 g/mol. The zero-order chi connectivity index (χ0) is 22.1. The van der Waals surface area contributed by atoms with Crippen LogP contribution in [0.2, 0.25) is 0 Å². The highest BCUT2D eigenvalue weighted by Crippen LogP contribution is 2.41. The Balaban J connectivity index is 3.14. The first-order chi connectivity index (χ1) is 14.5. The van der Waals surface area contributed by atoms with Crippen molar-refractivity contribution in [2.45, 2.75) is 41.5 Å². The number of hydrogen-bond donors (Lipinski definition) is 0. The zero-order valence-corrected chi connectivity index (χ0v) is 19.3. The van der Waals surface area contributed by atoms with Crippen molar-refractivity contribution < 1.29 is 0 Å². The Bertz CT molecular complexity index is 1040. The standard InChI is InChI=1S/C30H34/c1-8-16-22(6)27-21-28(24(11-4)17-9-2)30(26-19-14-13-15-20-26)29(23(27)7)25(12-5)18-10-3/h8-21H,1H2,2-7H3/b17-9-,18-10-,22-16+,24-11+,25-12+. The fraction of sp³-hybridized carbons (Fsp3) is 0.200. The molecule has 0 fully saturated rings. The third kappa shape index (κ3) is 4.89. The van der Waals surface area contributed by atoms with Gasteiger partial charge >= 0.3 is 0 Å². The largest absolute Gasteiger partial charge is 0.0991 e. The first-order valence-corrected chi connectivity index (χ1v) is 10.6. The van der Waals surface area contributed by atoms with Gasteiger partial charge in [0.15, 0.2) is 0 Å². The summed E-state index contributed by atoms with van der Waals surface area (Å²) in [6, 6.07) is 13.1. The Morgan fingerprint density at radius 3 is 1.97 bits per heavy atom. The van der Waals surface area contributed by atoms with Crippen LogP contribution in [-0.4, -0.2) is 0 Å². The molecule has 2 aromatic rings. The van der Waals surface area contributed by atoms with Crippen molar-refractivity contribution in [2.24, 2.45) is 0 Å². The van der Waals surface area contributed by atoms with E-state index in [0.29, 0.717) is 0 Å². The second kappa shape index (κ2) is 11.2. The van der Waals surface area contributed by atoms with Gasteiger partial charge in [0, 0.05) is 0 Å². The van der Waals surface area contributed by atoms with Crippen molar-refractivity contribution in [1.82, 2.24) is 0 Å². The van der Waals surface area contributed by atoms with Gasteiger partial charge in [-0.1, -0.05) is 85.5 Å². The predicted molar refractivity (Wildman–Crippen MR) is 137 cm³/mol. The molecule has 0 bridgehead atoms. The van der Waals surface area contributed by atoms with E-state index >= 15 is 0 Å². The van der Waals surface area contributed by atoms with Gasteiger partial charge in [-0.15, -0.1) is 0 Å². The van der Waals surface area contributed by atoms with Gasteiger partial charge < -0.3 is 0 Å². The van der Waals surface area contributed by atoms with Crippen molar-refractivity contribution in [1.29, 1.82) is 0 Å². The molecule has 30 heavy (non-hydrogen) atoms. The molecule has 0 heterocycles. The van der Waals surface area contributed by atoms with Crippen LogP contribution in [0.3, 0.4) is 0 Å². The highest BCUT2D eigenvalue weighted by atomic mass is 14.2. The molecule has 0 aliphatic rings. The van der Waals surface area contributed by atoms with Crippen LogP contribution in [0.25, 0.3) is 27.8 Å². The Morgan fingerprint density at radius 1 is 0.833 bits per heavy atom. The highest BCUT2D eigenvalue weighted by Gasteiger charge is 2.20. The fourth-order valence-corrected chi connectivity index (χ4v) is 3.98. The summed E-state index contributed by atoms with van der Waals surface area (Å²) >= 11 is 0. The smallest absolute Gasteiger partial charge is 0.00240 e. The van der Waals surface area contributed by atoms with Crippen LogP contribution in [0.15, 0.2) is 91.6 Å². The van der Waals surface area contributed by atoms with Gasteiger partial charge in [0.25, 0.3) is 0 Å². The first kappa shape index (κ1) is 23.2. The summed E-state index contributed by atoms with van der Waals surface area (Å²) in [5.41, 5.74) is 11.3. The van der Waals surface area contributed by atoms with Gasteiger partial charge in [-0.2, -0.15) is 0 Å². The van der Waals surface area contributed by atoms with E-state index in [1.165, 1.54) is 50.1 Å². The van der Waals surface area contributed by atoms with Crippen LogP contribution in [0, 0.1) is 6.92 Å². The highest BCUT2D eigenvalue weighted by molar-refractivity contribution is 5.97. The quantitative estimate of drug-likeness (QED) is 0.410. The summed E-state index contributed by atoms with van der Waals surface area (Å²) < 4.78 is 0. The lowest BCUT2D eigenvalue weighted by Crippen LogP contribution is -2.02. The molecule has 0 saturated heterocycles. The maximum atomic E-state index is 3.91. The average Bonchev–Trinajstić information content (AvgIpc) is 2.76. The van der Waals surface area contributed by atoms with E-state index in [4.69, 9.17) is 0 Å². The SMILES string of the molecule is C=C/C=C(\C)c1cc(C(/C=C\C)=C/C)c(-c2ccccc2)c(C(/C=C\C)=C/C)c1C. The normalized spacial score (nSPS) is 13.5. The third-order valence-corrected chi connectivity index (χ3v) is 5.36. The molecule has 0 radical (unpaired) electrons. The number of allylic oxidation sites excluding steroid dienone is 11. The Labute approximate surface area is 183 Å². The molecule has 0 unspecified atom stereocenters. The minimum atomic E-state index is 1.22. The van der Waals surface area contributed by atoms with Crippen LogP contribution >= 0.6 is 0 Å². The molecule has 2 aromatic carbocycles. The molecule has 0 aromatic heterocycles. The minimum Gasteiger partial charge on any atom is -0.0991 e. The summed E-state index contributed by atoms with van der Waals surface area (Å²) in [6.45, 7) is 16.7. The van der Waals surface area contributed by atoms with E-state index in [9.17, 15) is 0 Å². The van der Waals surface area contributed by atoms with E-state index < -0.39 is 0 Å². The molecule has 0 saturated carbocycles. The zero-order valence-electron chi connectivity index (χ0n) is 19.3. The van der Waals surface area contributed by atoms with Crippen molar-refractivity contribution in [3.05, 3.63) is 114 Å². The second-order valence-corrected chi connectivity index (χ2v) is 7.29. The van der Waals surface area contributed by atoms with E-state index in [1.54, 1.807) is 0 Å². The monoisotopic (exact) mass is 394 g/mol. The summed E-state index contributed by atoms with van der Waals surface area (Å²) in [4.78, 5) is 0. The first-order valence-electron chi connectivity index (χ1n) is 10.6. The van der Waals surface area contributed by atoms with Gasteiger partial charge in [0.2, 0.25) is 0 Å². The van der Waals surface area contributed by atoms with Crippen molar-refractivity contribution in [2.75, 3.05) is 0 Å². The van der Waals surface area contributed by atoms with E-state index in [2.05, 4.69) is 127 Å². The van der Waals surface area contributed by atoms with Crippen LogP contribution in [0.4, 0.5) is 0 Å². The fourth-order valence-electron chi connectivity index (χ4n) is 3.98. The molecule has 0 N–H and O–H groups in total. The summed E-state index contributed by atoms with van der Waals surface area (Å²) in [5, 5.41) is 0. The van der Waals surface area contributed by atoms with Gasteiger partial charge in [0.1, 0.15) is 0 Å². The molecule has 0 spiro atoms. The van der Waals surface area contributed by atoms with Crippen LogP contribution in [0.1, 0.15) is 56.9 Å². The maximum absolute atomic E-state index is 3.91. The third-order valence-electron chi connectivity index (χ3n) is 5.36. The Hall–Kier alpha value is -3.12. The lowest BCUT2D eigenvalue weighted by Gasteiger charge is -2.23.